The lowest BCUT2D eigenvalue weighted by Crippen LogP contribution is -2.39. The van der Waals surface area contributed by atoms with Gasteiger partial charge in [-0.05, 0) is 71.5 Å². The zero-order valence-corrected chi connectivity index (χ0v) is 29.2. The first-order chi connectivity index (χ1) is 24.9. The fraction of sp³-hybridized carbons (Fsp3) is 0.400. The lowest BCUT2D eigenvalue weighted by Gasteiger charge is -2.28. The van der Waals surface area contributed by atoms with Gasteiger partial charge >= 0.3 is 36.6 Å². The summed E-state index contributed by atoms with van der Waals surface area (Å²) in [5, 5.41) is 2.65. The van der Waals surface area contributed by atoms with Crippen LogP contribution in [-0.4, -0.2) is 51.6 Å². The second kappa shape index (κ2) is 16.9. The molecule has 0 bridgehead atoms. The lowest BCUT2D eigenvalue weighted by molar-refractivity contribution is -0.168. The van der Waals surface area contributed by atoms with Gasteiger partial charge in [-0.25, -0.2) is 18.8 Å². The van der Waals surface area contributed by atoms with Crippen LogP contribution < -0.4 is 10.1 Å². The molecule has 0 aliphatic heterocycles. The van der Waals surface area contributed by atoms with Crippen molar-refractivity contribution in [3.05, 3.63) is 87.7 Å². The predicted molar refractivity (Wildman–Crippen MR) is 168 cm³/mol. The summed E-state index contributed by atoms with van der Waals surface area (Å²) in [6.07, 6.45) is -22.1. The molecule has 3 aromatic rings. The zero-order chi connectivity index (χ0) is 40.9. The van der Waals surface area contributed by atoms with E-state index in [1.165, 1.54) is 13.2 Å². The van der Waals surface area contributed by atoms with E-state index < -0.39 is 95.4 Å². The Labute approximate surface area is 301 Å². The molecule has 0 saturated heterocycles. The molecule has 19 heteroatoms. The monoisotopic (exact) mass is 785 g/mol. The smallest absolute Gasteiger partial charge is 0.496 e. The maximum absolute atomic E-state index is 14.8. The van der Waals surface area contributed by atoms with Crippen LogP contribution >= 0.6 is 0 Å². The average Bonchev–Trinajstić information content (AvgIpc) is 3.09. The Kier molecular flexibility index (Phi) is 13.6. The second-order valence-electron chi connectivity index (χ2n) is 11.9. The third kappa shape index (κ3) is 10.5. The van der Waals surface area contributed by atoms with E-state index in [9.17, 15) is 58.3 Å². The SMILES string of the molecule is COC(=O)C(OC(=O)O[C@H](c1cc(C(F)(F)F)cc(C(F)(F)F)c1)[C@H](C)NCc1cc(C(F)(F)F)ccc1-c1cc(C(C)C)c(F)cc1OC)C(=O)OC. The number of hydrogen-bond acceptors (Lipinski definition) is 9. The molecule has 0 heterocycles. The summed E-state index contributed by atoms with van der Waals surface area (Å²) in [7, 11) is 2.76. The Morgan fingerprint density at radius 1 is 0.685 bits per heavy atom. The van der Waals surface area contributed by atoms with Crippen molar-refractivity contribution in [3.63, 3.8) is 0 Å². The van der Waals surface area contributed by atoms with Crippen molar-refractivity contribution in [2.24, 2.45) is 0 Å². The van der Waals surface area contributed by atoms with Crippen molar-refractivity contribution in [2.45, 2.75) is 70.0 Å². The van der Waals surface area contributed by atoms with Gasteiger partial charge in [0.15, 0.2) is 0 Å². The molecular weight excluding hydrogens is 752 g/mol. The van der Waals surface area contributed by atoms with Crippen LogP contribution in [0.4, 0.5) is 48.7 Å². The molecule has 3 rings (SSSR count). The van der Waals surface area contributed by atoms with Gasteiger partial charge in [0.2, 0.25) is 0 Å². The molecular formula is C35H33F10NO8. The Balaban J connectivity index is 2.19. The summed E-state index contributed by atoms with van der Waals surface area (Å²) >= 11 is 0. The van der Waals surface area contributed by atoms with E-state index >= 15 is 0 Å². The number of halogens is 10. The van der Waals surface area contributed by atoms with Gasteiger partial charge in [-0.1, -0.05) is 19.9 Å². The summed E-state index contributed by atoms with van der Waals surface area (Å²) in [4.78, 5) is 37.0. The quantitative estimate of drug-likeness (QED) is 0.0835. The molecule has 0 spiro atoms. The van der Waals surface area contributed by atoms with Gasteiger partial charge in [-0.15, -0.1) is 0 Å². The summed E-state index contributed by atoms with van der Waals surface area (Å²) < 4.78 is 163. The average molecular weight is 786 g/mol. The number of benzene rings is 3. The van der Waals surface area contributed by atoms with Gasteiger partial charge in [0, 0.05) is 24.2 Å². The highest BCUT2D eigenvalue weighted by Crippen LogP contribution is 2.41. The molecule has 1 N–H and O–H groups in total. The first kappa shape index (κ1) is 43.3. The van der Waals surface area contributed by atoms with Crippen molar-refractivity contribution in [2.75, 3.05) is 21.3 Å². The van der Waals surface area contributed by atoms with Gasteiger partial charge in [0.05, 0.1) is 38.0 Å². The Morgan fingerprint density at radius 3 is 1.69 bits per heavy atom. The van der Waals surface area contributed by atoms with Crippen molar-refractivity contribution >= 4 is 18.1 Å². The Hall–Kier alpha value is -5.07. The highest BCUT2D eigenvalue weighted by atomic mass is 19.4. The third-order valence-electron chi connectivity index (χ3n) is 7.94. The van der Waals surface area contributed by atoms with Crippen LogP contribution in [0.15, 0.2) is 48.5 Å². The summed E-state index contributed by atoms with van der Waals surface area (Å²) in [5.74, 6) is -4.12. The van der Waals surface area contributed by atoms with E-state index in [-0.39, 0.29) is 46.2 Å². The molecule has 296 valence electrons. The van der Waals surface area contributed by atoms with Gasteiger partial charge in [0.25, 0.3) is 6.10 Å². The van der Waals surface area contributed by atoms with Crippen LogP contribution in [0.1, 0.15) is 66.2 Å². The minimum atomic E-state index is -5.35. The Morgan fingerprint density at radius 2 is 1.22 bits per heavy atom. The van der Waals surface area contributed by atoms with E-state index in [4.69, 9.17) is 9.47 Å². The largest absolute Gasteiger partial charge is 0.510 e. The van der Waals surface area contributed by atoms with Gasteiger partial charge in [-0.3, -0.25) is 0 Å². The number of carbonyl (C=O) groups excluding carboxylic acids is 3. The van der Waals surface area contributed by atoms with Crippen molar-refractivity contribution in [1.82, 2.24) is 5.32 Å². The van der Waals surface area contributed by atoms with E-state index in [0.29, 0.717) is 6.07 Å². The van der Waals surface area contributed by atoms with Crippen LogP contribution in [0.3, 0.4) is 0 Å². The fourth-order valence-electron chi connectivity index (χ4n) is 5.19. The highest BCUT2D eigenvalue weighted by Gasteiger charge is 2.40. The fourth-order valence-corrected chi connectivity index (χ4v) is 5.19. The second-order valence-corrected chi connectivity index (χ2v) is 11.9. The standard InChI is InChI=1S/C35H33F10NO8/c1-16(2)24-13-25(27(50-4)14-26(24)36)23-8-7-20(33(37,38)39)11-19(23)15-46-17(3)28(53-32(49)54-29(30(47)51-5)31(48)52-6)18-9-21(34(40,41)42)12-22(10-18)35(43,44)45/h7-14,16-17,28-29,46H,15H2,1-6H3/t17-,28-/m0/s1. The van der Waals surface area contributed by atoms with Crippen LogP contribution in [0.25, 0.3) is 11.1 Å². The van der Waals surface area contributed by atoms with Crippen molar-refractivity contribution < 1.29 is 82.0 Å². The minimum absolute atomic E-state index is 0.0655. The van der Waals surface area contributed by atoms with E-state index in [2.05, 4.69) is 19.5 Å². The minimum Gasteiger partial charge on any atom is -0.496 e. The number of ether oxygens (including phenoxy) is 5. The molecule has 2 atom stereocenters. The maximum Gasteiger partial charge on any atom is 0.510 e. The first-order valence-electron chi connectivity index (χ1n) is 15.6. The zero-order valence-electron chi connectivity index (χ0n) is 29.2. The lowest BCUT2D eigenvalue weighted by atomic mass is 9.92. The summed E-state index contributed by atoms with van der Waals surface area (Å²) in [5.41, 5.74) is -5.48. The summed E-state index contributed by atoms with van der Waals surface area (Å²) in [6, 6.07) is 3.61. The molecule has 0 fully saturated rings. The molecule has 3 aromatic carbocycles. The first-order valence-corrected chi connectivity index (χ1v) is 15.6. The molecule has 0 aromatic heterocycles. The number of alkyl halides is 9. The Bertz CT molecular complexity index is 1790. The normalized spacial score (nSPS) is 13.4. The number of nitrogens with one attached hydrogen (secondary N) is 1. The number of hydrogen-bond donors (Lipinski definition) is 1. The molecule has 9 nitrogen and oxygen atoms in total. The van der Waals surface area contributed by atoms with Crippen LogP contribution in [0.5, 0.6) is 5.75 Å². The van der Waals surface area contributed by atoms with Crippen molar-refractivity contribution in [3.8, 4) is 16.9 Å². The maximum atomic E-state index is 14.8. The van der Waals surface area contributed by atoms with E-state index in [1.54, 1.807) is 13.8 Å². The van der Waals surface area contributed by atoms with Crippen LogP contribution in [0.2, 0.25) is 0 Å². The van der Waals surface area contributed by atoms with Crippen LogP contribution in [-0.2, 0) is 53.6 Å². The number of esters is 2. The predicted octanol–water partition coefficient (Wildman–Crippen LogP) is 8.77. The molecule has 0 aliphatic carbocycles. The van der Waals surface area contributed by atoms with E-state index in [1.807, 2.05) is 0 Å². The number of methoxy groups -OCH3 is 3. The molecule has 0 aliphatic rings. The number of carbonyl (C=O) groups is 3. The van der Waals surface area contributed by atoms with Gasteiger partial charge in [-0.2, -0.15) is 39.5 Å². The summed E-state index contributed by atoms with van der Waals surface area (Å²) in [6.45, 7) is 3.80. The molecule has 0 unspecified atom stereocenters. The molecule has 0 amide bonds. The highest BCUT2D eigenvalue weighted by molar-refractivity contribution is 5.99. The molecule has 0 saturated carbocycles. The number of rotatable bonds is 12. The van der Waals surface area contributed by atoms with E-state index in [0.717, 1.165) is 39.3 Å². The van der Waals surface area contributed by atoms with Gasteiger partial charge < -0.3 is 29.0 Å². The van der Waals surface area contributed by atoms with Crippen molar-refractivity contribution in [1.29, 1.82) is 0 Å². The third-order valence-corrected chi connectivity index (χ3v) is 7.94. The van der Waals surface area contributed by atoms with Gasteiger partial charge in [0.1, 0.15) is 17.7 Å². The molecule has 0 radical (unpaired) electrons. The topological polar surface area (TPSA) is 109 Å². The van der Waals surface area contributed by atoms with Crippen LogP contribution in [0, 0.1) is 5.82 Å². The molecule has 54 heavy (non-hydrogen) atoms.